The van der Waals surface area contributed by atoms with Crippen molar-refractivity contribution >= 4 is 29.0 Å². The lowest BCUT2D eigenvalue weighted by molar-refractivity contribution is 0.0948. The lowest BCUT2D eigenvalue weighted by Crippen LogP contribution is -2.23. The number of benzene rings is 2. The minimum atomic E-state index is -0.0216. The quantitative estimate of drug-likeness (QED) is 0.596. The van der Waals surface area contributed by atoms with Crippen LogP contribution in [-0.4, -0.2) is 11.7 Å². The first-order valence-electron chi connectivity index (χ1n) is 7.90. The fourth-order valence-corrected chi connectivity index (χ4v) is 4.04. The maximum Gasteiger partial charge on any atom is 0.252 e. The predicted octanol–water partition coefficient (Wildman–Crippen LogP) is 5.46. The Morgan fingerprint density at radius 2 is 1.88 bits per heavy atom. The molecule has 0 bridgehead atoms. The van der Waals surface area contributed by atoms with E-state index in [9.17, 15) is 4.79 Å². The van der Waals surface area contributed by atoms with E-state index in [1.54, 1.807) is 23.1 Å². The highest BCUT2D eigenvalue weighted by Gasteiger charge is 2.12. The molecule has 0 atom stereocenters. The molecule has 0 aliphatic rings. The molecule has 0 unspecified atom stereocenters. The molecule has 0 saturated heterocycles. The van der Waals surface area contributed by atoms with Crippen LogP contribution in [0.25, 0.3) is 11.1 Å². The van der Waals surface area contributed by atoms with E-state index < -0.39 is 0 Å². The highest BCUT2D eigenvalue weighted by molar-refractivity contribution is 7.99. The first-order chi connectivity index (χ1) is 11.8. The standard InChI is InChI=1S/C20H19NOS2/c1-2-24-19-10-6-5-9-18(19)20(22)21-13-15-7-3-4-8-17(15)16-11-12-23-14-16/h3-12,14H,2,13H2,1H3,(H,21,22). The van der Waals surface area contributed by atoms with Crippen molar-refractivity contribution in [2.75, 3.05) is 5.75 Å². The predicted molar refractivity (Wildman–Crippen MR) is 104 cm³/mol. The molecule has 1 amide bonds. The number of nitrogens with one attached hydrogen (secondary N) is 1. The van der Waals surface area contributed by atoms with Crippen molar-refractivity contribution in [2.24, 2.45) is 0 Å². The van der Waals surface area contributed by atoms with Crippen LogP contribution in [0.15, 0.2) is 70.3 Å². The van der Waals surface area contributed by atoms with Crippen molar-refractivity contribution in [1.82, 2.24) is 5.32 Å². The summed E-state index contributed by atoms with van der Waals surface area (Å²) in [6.45, 7) is 2.62. The molecule has 2 aromatic carbocycles. The van der Waals surface area contributed by atoms with Crippen molar-refractivity contribution in [2.45, 2.75) is 18.4 Å². The zero-order valence-corrected chi connectivity index (χ0v) is 15.1. The Balaban J connectivity index is 1.76. The van der Waals surface area contributed by atoms with Gasteiger partial charge in [-0.25, -0.2) is 0 Å². The van der Waals surface area contributed by atoms with Gasteiger partial charge in [-0.1, -0.05) is 43.3 Å². The van der Waals surface area contributed by atoms with E-state index in [0.29, 0.717) is 6.54 Å². The number of amides is 1. The summed E-state index contributed by atoms with van der Waals surface area (Å²) in [7, 11) is 0. The molecular formula is C20H19NOS2. The summed E-state index contributed by atoms with van der Waals surface area (Å²) in [5.74, 6) is 0.928. The van der Waals surface area contributed by atoms with Crippen LogP contribution in [0.1, 0.15) is 22.8 Å². The maximum absolute atomic E-state index is 12.6. The number of hydrogen-bond acceptors (Lipinski definition) is 3. The SMILES string of the molecule is CCSc1ccccc1C(=O)NCc1ccccc1-c1ccsc1. The summed E-state index contributed by atoms with van der Waals surface area (Å²) < 4.78 is 0. The molecule has 1 N–H and O–H groups in total. The van der Waals surface area contributed by atoms with Crippen molar-refractivity contribution in [3.8, 4) is 11.1 Å². The van der Waals surface area contributed by atoms with Crippen LogP contribution in [0.4, 0.5) is 0 Å². The number of carbonyl (C=O) groups is 1. The summed E-state index contributed by atoms with van der Waals surface area (Å²) in [5, 5.41) is 7.27. The zero-order valence-electron chi connectivity index (χ0n) is 13.5. The van der Waals surface area contributed by atoms with Crippen molar-refractivity contribution in [3.63, 3.8) is 0 Å². The first-order valence-corrected chi connectivity index (χ1v) is 9.83. The second-order valence-electron chi connectivity index (χ2n) is 5.28. The van der Waals surface area contributed by atoms with Gasteiger partial charge in [0.05, 0.1) is 5.56 Å². The largest absolute Gasteiger partial charge is 0.348 e. The molecule has 0 aliphatic heterocycles. The van der Waals surface area contributed by atoms with Gasteiger partial charge in [-0.05, 0) is 51.4 Å². The second kappa shape index (κ2) is 8.18. The highest BCUT2D eigenvalue weighted by atomic mass is 32.2. The fraction of sp³-hybridized carbons (Fsp3) is 0.150. The van der Waals surface area contributed by atoms with Crippen molar-refractivity contribution in [1.29, 1.82) is 0 Å². The van der Waals surface area contributed by atoms with Gasteiger partial charge in [-0.3, -0.25) is 4.79 Å². The number of hydrogen-bond donors (Lipinski definition) is 1. The Hall–Kier alpha value is -2.04. The average Bonchev–Trinajstić information content (AvgIpc) is 3.15. The maximum atomic E-state index is 12.6. The first kappa shape index (κ1) is 16.8. The van der Waals surface area contributed by atoms with Crippen LogP contribution >= 0.6 is 23.1 Å². The summed E-state index contributed by atoms with van der Waals surface area (Å²) >= 11 is 3.38. The minimum Gasteiger partial charge on any atom is -0.348 e. The molecule has 0 spiro atoms. The van der Waals surface area contributed by atoms with E-state index in [2.05, 4.69) is 41.2 Å². The molecule has 0 aliphatic carbocycles. The van der Waals surface area contributed by atoms with E-state index >= 15 is 0 Å². The second-order valence-corrected chi connectivity index (χ2v) is 7.37. The van der Waals surface area contributed by atoms with Crippen LogP contribution in [0.3, 0.4) is 0 Å². The van der Waals surface area contributed by atoms with E-state index in [1.165, 1.54) is 11.1 Å². The lowest BCUT2D eigenvalue weighted by Gasteiger charge is -2.12. The topological polar surface area (TPSA) is 29.1 Å². The Labute approximate surface area is 150 Å². The molecule has 1 aromatic heterocycles. The number of rotatable bonds is 6. The third-order valence-corrected chi connectivity index (χ3v) is 5.36. The molecule has 3 rings (SSSR count). The number of thiophene rings is 1. The third-order valence-electron chi connectivity index (χ3n) is 3.72. The zero-order chi connectivity index (χ0) is 16.8. The monoisotopic (exact) mass is 353 g/mol. The number of thioether (sulfide) groups is 1. The molecule has 24 heavy (non-hydrogen) atoms. The van der Waals surface area contributed by atoms with Crippen molar-refractivity contribution in [3.05, 3.63) is 76.5 Å². The van der Waals surface area contributed by atoms with Crippen molar-refractivity contribution < 1.29 is 4.79 Å². The normalized spacial score (nSPS) is 10.5. The van der Waals surface area contributed by atoms with Gasteiger partial charge in [0, 0.05) is 11.4 Å². The molecule has 0 fully saturated rings. The Morgan fingerprint density at radius 3 is 2.67 bits per heavy atom. The molecular weight excluding hydrogens is 334 g/mol. The van der Waals surface area contributed by atoms with Gasteiger partial charge in [0.25, 0.3) is 5.91 Å². The lowest BCUT2D eigenvalue weighted by atomic mass is 10.0. The van der Waals surface area contributed by atoms with Gasteiger partial charge < -0.3 is 5.32 Å². The summed E-state index contributed by atoms with van der Waals surface area (Å²) in [6, 6.07) is 18.1. The van der Waals surface area contributed by atoms with Gasteiger partial charge in [0.1, 0.15) is 0 Å². The molecule has 2 nitrogen and oxygen atoms in total. The smallest absolute Gasteiger partial charge is 0.252 e. The fourth-order valence-electron chi connectivity index (χ4n) is 2.58. The van der Waals surface area contributed by atoms with Gasteiger partial charge in [0.15, 0.2) is 0 Å². The van der Waals surface area contributed by atoms with E-state index in [0.717, 1.165) is 21.8 Å². The summed E-state index contributed by atoms with van der Waals surface area (Å²) in [5.41, 5.74) is 4.25. The van der Waals surface area contributed by atoms with E-state index in [4.69, 9.17) is 0 Å². The minimum absolute atomic E-state index is 0.0216. The third kappa shape index (κ3) is 3.89. The molecule has 4 heteroatoms. The molecule has 3 aromatic rings. The molecule has 1 heterocycles. The molecule has 122 valence electrons. The average molecular weight is 354 g/mol. The van der Waals surface area contributed by atoms with Crippen LogP contribution in [0.2, 0.25) is 0 Å². The summed E-state index contributed by atoms with van der Waals surface area (Å²) in [4.78, 5) is 13.6. The molecule has 0 saturated carbocycles. The van der Waals surface area contributed by atoms with E-state index in [-0.39, 0.29) is 5.91 Å². The van der Waals surface area contributed by atoms with Crippen LogP contribution < -0.4 is 5.32 Å². The van der Waals surface area contributed by atoms with Gasteiger partial charge >= 0.3 is 0 Å². The van der Waals surface area contributed by atoms with Crippen LogP contribution in [0.5, 0.6) is 0 Å². The van der Waals surface area contributed by atoms with E-state index in [1.807, 2.05) is 36.4 Å². The van der Waals surface area contributed by atoms with Gasteiger partial charge in [-0.15, -0.1) is 11.8 Å². The Bertz CT molecular complexity index is 812. The Kier molecular flexibility index (Phi) is 5.72. The highest BCUT2D eigenvalue weighted by Crippen LogP contribution is 2.26. The Morgan fingerprint density at radius 1 is 1.08 bits per heavy atom. The van der Waals surface area contributed by atoms with Crippen LogP contribution in [-0.2, 0) is 6.54 Å². The van der Waals surface area contributed by atoms with Gasteiger partial charge in [0.2, 0.25) is 0 Å². The summed E-state index contributed by atoms with van der Waals surface area (Å²) in [6.07, 6.45) is 0. The van der Waals surface area contributed by atoms with Gasteiger partial charge in [-0.2, -0.15) is 11.3 Å². The molecule has 0 radical (unpaired) electrons. The van der Waals surface area contributed by atoms with Crippen LogP contribution in [0, 0.1) is 0 Å². The number of carbonyl (C=O) groups excluding carboxylic acids is 1.